The van der Waals surface area contributed by atoms with Gasteiger partial charge in [-0.25, -0.2) is 0 Å². The quantitative estimate of drug-likeness (QED) is 0.750. The van der Waals surface area contributed by atoms with Gasteiger partial charge in [0, 0.05) is 23.9 Å². The first kappa shape index (κ1) is 12.3. The maximum Gasteiger partial charge on any atom is 0.0508 e. The highest BCUT2D eigenvalue weighted by molar-refractivity contribution is 9.10. The molecule has 2 unspecified atom stereocenters. The molecule has 0 aliphatic heterocycles. The molecule has 1 fully saturated rings. The van der Waals surface area contributed by atoms with Crippen LogP contribution in [0.5, 0.6) is 0 Å². The van der Waals surface area contributed by atoms with Gasteiger partial charge >= 0.3 is 0 Å². The lowest BCUT2D eigenvalue weighted by Crippen LogP contribution is -2.20. The molecule has 1 aliphatic carbocycles. The molecular weight excluding hydrogens is 286 g/mol. The topological polar surface area (TPSA) is 3.24 Å². The Hall–Kier alpha value is -0.210. The predicted octanol–water partition coefficient (Wildman–Crippen LogP) is 4.28. The molecule has 0 aromatic heterocycles. The Morgan fingerprint density at radius 1 is 1.50 bits per heavy atom. The van der Waals surface area contributed by atoms with E-state index in [1.54, 1.807) is 0 Å². The van der Waals surface area contributed by atoms with Gasteiger partial charge in [0.2, 0.25) is 0 Å². The third kappa shape index (κ3) is 2.72. The molecule has 0 N–H and O–H groups in total. The summed E-state index contributed by atoms with van der Waals surface area (Å²) in [6, 6.07) is 6.35. The average molecular weight is 303 g/mol. The summed E-state index contributed by atoms with van der Waals surface area (Å²) in [5, 5.41) is 0. The minimum absolute atomic E-state index is 0.572. The third-order valence-electron chi connectivity index (χ3n) is 3.36. The Morgan fingerprint density at radius 3 is 2.69 bits per heavy atom. The highest BCUT2D eigenvalue weighted by Crippen LogP contribution is 2.39. The van der Waals surface area contributed by atoms with Crippen LogP contribution in [0.3, 0.4) is 0 Å². The van der Waals surface area contributed by atoms with Crippen molar-refractivity contribution in [1.29, 1.82) is 0 Å². The Balaban J connectivity index is 2.07. The van der Waals surface area contributed by atoms with Crippen molar-refractivity contribution in [2.75, 3.05) is 18.5 Å². The summed E-state index contributed by atoms with van der Waals surface area (Å²) in [6.07, 6.45) is 1.38. The molecule has 0 bridgehead atoms. The Kier molecular flexibility index (Phi) is 3.81. The molecule has 2 atom stereocenters. The molecule has 1 nitrogen and oxygen atoms in total. The average Bonchev–Trinajstić information content (AvgIpc) is 2.93. The molecule has 1 aromatic carbocycles. The van der Waals surface area contributed by atoms with Crippen molar-refractivity contribution in [2.45, 2.75) is 19.2 Å². The van der Waals surface area contributed by atoms with Gasteiger partial charge < -0.3 is 4.90 Å². The van der Waals surface area contributed by atoms with E-state index in [-0.39, 0.29) is 0 Å². The van der Waals surface area contributed by atoms with Crippen molar-refractivity contribution in [3.63, 3.8) is 0 Å². The van der Waals surface area contributed by atoms with Crippen LogP contribution in [0.1, 0.15) is 18.9 Å². The fourth-order valence-electron chi connectivity index (χ4n) is 2.05. The summed E-state index contributed by atoms with van der Waals surface area (Å²) in [5.74, 6) is 2.36. The van der Waals surface area contributed by atoms with Gasteiger partial charge in [0.15, 0.2) is 0 Å². The number of nitrogens with zero attached hydrogens (tertiary/aromatic N) is 1. The standard InChI is InChI=1S/C13H17BrClN/c1-9-5-11(9)8-16(2)13-4-3-10(7-15)6-12(13)14/h3-4,6,9,11H,5,7-8H2,1-2H3. The van der Waals surface area contributed by atoms with E-state index in [1.807, 2.05) is 0 Å². The van der Waals surface area contributed by atoms with Crippen molar-refractivity contribution < 1.29 is 0 Å². The zero-order valence-electron chi connectivity index (χ0n) is 9.71. The summed E-state index contributed by atoms with van der Waals surface area (Å²) in [6.45, 7) is 3.48. The monoisotopic (exact) mass is 301 g/mol. The molecule has 2 rings (SSSR count). The normalized spacial score (nSPS) is 23.2. The first-order valence-electron chi connectivity index (χ1n) is 5.67. The SMILES string of the molecule is CC1CC1CN(C)c1ccc(CCl)cc1Br. The van der Waals surface area contributed by atoms with Gasteiger partial charge in [-0.05, 0) is 51.9 Å². The molecule has 0 amide bonds. The van der Waals surface area contributed by atoms with Crippen LogP contribution in [0.15, 0.2) is 22.7 Å². The van der Waals surface area contributed by atoms with E-state index in [9.17, 15) is 0 Å². The number of anilines is 1. The van der Waals surface area contributed by atoms with E-state index in [1.165, 1.54) is 12.1 Å². The zero-order chi connectivity index (χ0) is 11.7. The molecule has 0 saturated heterocycles. The van der Waals surface area contributed by atoms with Crippen LogP contribution in [0.4, 0.5) is 5.69 Å². The molecule has 16 heavy (non-hydrogen) atoms. The van der Waals surface area contributed by atoms with Gasteiger partial charge in [-0.2, -0.15) is 0 Å². The molecule has 1 saturated carbocycles. The van der Waals surface area contributed by atoms with Gasteiger partial charge in [-0.3, -0.25) is 0 Å². The molecule has 1 aliphatic rings. The van der Waals surface area contributed by atoms with Crippen molar-refractivity contribution in [3.8, 4) is 0 Å². The summed E-state index contributed by atoms with van der Waals surface area (Å²) in [5.41, 5.74) is 2.42. The summed E-state index contributed by atoms with van der Waals surface area (Å²) in [7, 11) is 2.16. The van der Waals surface area contributed by atoms with E-state index in [4.69, 9.17) is 11.6 Å². The van der Waals surface area contributed by atoms with Crippen LogP contribution in [0.25, 0.3) is 0 Å². The van der Waals surface area contributed by atoms with Crippen LogP contribution < -0.4 is 4.90 Å². The predicted molar refractivity (Wildman–Crippen MR) is 74.2 cm³/mol. The van der Waals surface area contributed by atoms with E-state index < -0.39 is 0 Å². The number of benzene rings is 1. The second kappa shape index (κ2) is 4.97. The highest BCUT2D eigenvalue weighted by Gasteiger charge is 2.33. The lowest BCUT2D eigenvalue weighted by molar-refractivity contribution is 0.724. The van der Waals surface area contributed by atoms with Crippen LogP contribution in [0, 0.1) is 11.8 Å². The minimum Gasteiger partial charge on any atom is -0.373 e. The molecule has 3 heteroatoms. The number of hydrogen-bond donors (Lipinski definition) is 0. The van der Waals surface area contributed by atoms with Crippen molar-refractivity contribution in [2.24, 2.45) is 11.8 Å². The summed E-state index contributed by atoms with van der Waals surface area (Å²) in [4.78, 5) is 2.33. The molecule has 0 spiro atoms. The maximum atomic E-state index is 5.81. The third-order valence-corrected chi connectivity index (χ3v) is 4.31. The smallest absolute Gasteiger partial charge is 0.0508 e. The Bertz CT molecular complexity index is 380. The Morgan fingerprint density at radius 2 is 2.19 bits per heavy atom. The number of hydrogen-bond acceptors (Lipinski definition) is 1. The fourth-order valence-corrected chi connectivity index (χ4v) is 2.94. The van der Waals surface area contributed by atoms with E-state index in [2.05, 4.69) is 53.0 Å². The van der Waals surface area contributed by atoms with Gasteiger partial charge in [0.1, 0.15) is 0 Å². The molecular formula is C13H17BrClN. The Labute approximate surface area is 111 Å². The van der Waals surface area contributed by atoms with E-state index in [0.29, 0.717) is 5.88 Å². The van der Waals surface area contributed by atoms with Crippen LogP contribution in [0.2, 0.25) is 0 Å². The maximum absolute atomic E-state index is 5.81. The molecule has 1 aromatic rings. The lowest BCUT2D eigenvalue weighted by atomic mass is 10.2. The largest absolute Gasteiger partial charge is 0.373 e. The van der Waals surface area contributed by atoms with E-state index >= 15 is 0 Å². The van der Waals surface area contributed by atoms with Crippen molar-refractivity contribution >= 4 is 33.2 Å². The molecule has 0 radical (unpaired) electrons. The second-order valence-electron chi connectivity index (χ2n) is 4.77. The van der Waals surface area contributed by atoms with Gasteiger partial charge in [0.05, 0.1) is 5.69 Å². The van der Waals surface area contributed by atoms with Gasteiger partial charge in [-0.1, -0.05) is 13.0 Å². The van der Waals surface area contributed by atoms with Gasteiger partial charge in [0.25, 0.3) is 0 Å². The number of alkyl halides is 1. The highest BCUT2D eigenvalue weighted by atomic mass is 79.9. The lowest BCUT2D eigenvalue weighted by Gasteiger charge is -2.21. The van der Waals surface area contributed by atoms with Gasteiger partial charge in [-0.15, -0.1) is 11.6 Å². The van der Waals surface area contributed by atoms with Crippen LogP contribution in [-0.2, 0) is 5.88 Å². The molecule has 0 heterocycles. The second-order valence-corrected chi connectivity index (χ2v) is 5.89. The minimum atomic E-state index is 0.572. The molecule has 88 valence electrons. The first-order chi connectivity index (χ1) is 7.61. The van der Waals surface area contributed by atoms with Crippen LogP contribution in [-0.4, -0.2) is 13.6 Å². The summed E-state index contributed by atoms with van der Waals surface area (Å²) >= 11 is 9.42. The van der Waals surface area contributed by atoms with Crippen molar-refractivity contribution in [3.05, 3.63) is 28.2 Å². The first-order valence-corrected chi connectivity index (χ1v) is 7.00. The zero-order valence-corrected chi connectivity index (χ0v) is 12.1. The van der Waals surface area contributed by atoms with Crippen molar-refractivity contribution in [1.82, 2.24) is 0 Å². The van der Waals surface area contributed by atoms with Crippen LogP contribution >= 0.6 is 27.5 Å². The van der Waals surface area contributed by atoms with E-state index in [0.717, 1.165) is 28.4 Å². The fraction of sp³-hybridized carbons (Fsp3) is 0.538. The number of rotatable bonds is 4. The summed E-state index contributed by atoms with van der Waals surface area (Å²) < 4.78 is 1.14. The number of halogens is 2.